The summed E-state index contributed by atoms with van der Waals surface area (Å²) in [4.78, 5) is 8.79. The average Bonchev–Trinajstić information content (AvgIpc) is 2.62. The summed E-state index contributed by atoms with van der Waals surface area (Å²) in [5, 5.41) is 12.0. The summed E-state index contributed by atoms with van der Waals surface area (Å²) in [5.74, 6) is 0.757. The number of aromatic nitrogens is 2. The highest BCUT2D eigenvalue weighted by Crippen LogP contribution is 2.26. The molecule has 5 nitrogen and oxygen atoms in total. The van der Waals surface area contributed by atoms with Gasteiger partial charge in [-0.1, -0.05) is 25.3 Å². The zero-order chi connectivity index (χ0) is 16.8. The lowest BCUT2D eigenvalue weighted by atomic mass is 9.95. The van der Waals surface area contributed by atoms with Gasteiger partial charge in [0.15, 0.2) is 0 Å². The highest BCUT2D eigenvalue weighted by Gasteiger charge is 2.18. The van der Waals surface area contributed by atoms with Crippen molar-refractivity contribution in [2.24, 2.45) is 0 Å². The SMILES string of the molecule is N=C(CCc1ccccn1)c1c(N)ccnc1NC1CCCCC1. The molecule has 3 rings (SSSR count). The molecule has 1 aliphatic carbocycles. The number of nitrogens with zero attached hydrogens (tertiary/aromatic N) is 2. The summed E-state index contributed by atoms with van der Waals surface area (Å²) in [5.41, 5.74) is 9.04. The molecule has 0 saturated heterocycles. The Morgan fingerprint density at radius 2 is 1.96 bits per heavy atom. The smallest absolute Gasteiger partial charge is 0.137 e. The summed E-state index contributed by atoms with van der Waals surface area (Å²) in [6, 6.07) is 8.08. The van der Waals surface area contributed by atoms with Crippen LogP contribution in [0, 0.1) is 5.41 Å². The lowest BCUT2D eigenvalue weighted by Crippen LogP contribution is -2.24. The first-order valence-corrected chi connectivity index (χ1v) is 8.73. The molecule has 0 bridgehead atoms. The molecule has 0 aliphatic heterocycles. The van der Waals surface area contributed by atoms with Gasteiger partial charge in [-0.15, -0.1) is 0 Å². The number of nitrogens with two attached hydrogens (primary N) is 1. The average molecular weight is 323 g/mol. The number of hydrogen-bond donors (Lipinski definition) is 3. The molecular formula is C19H25N5. The highest BCUT2D eigenvalue weighted by atomic mass is 15.0. The molecule has 0 amide bonds. The molecule has 0 unspecified atom stereocenters. The van der Waals surface area contributed by atoms with Gasteiger partial charge in [-0.05, 0) is 43.9 Å². The minimum atomic E-state index is 0.440. The van der Waals surface area contributed by atoms with Crippen LogP contribution < -0.4 is 11.1 Å². The van der Waals surface area contributed by atoms with Crippen LogP contribution in [0.15, 0.2) is 36.7 Å². The third-order valence-corrected chi connectivity index (χ3v) is 4.59. The maximum Gasteiger partial charge on any atom is 0.137 e. The van der Waals surface area contributed by atoms with Gasteiger partial charge < -0.3 is 16.5 Å². The van der Waals surface area contributed by atoms with Gasteiger partial charge in [-0.25, -0.2) is 4.98 Å². The fraction of sp³-hybridized carbons (Fsp3) is 0.421. The van der Waals surface area contributed by atoms with Crippen molar-refractivity contribution < 1.29 is 0 Å². The van der Waals surface area contributed by atoms with Crippen molar-refractivity contribution in [3.8, 4) is 0 Å². The molecule has 5 heteroatoms. The maximum absolute atomic E-state index is 8.49. The number of anilines is 2. The molecular weight excluding hydrogens is 298 g/mol. The topological polar surface area (TPSA) is 87.7 Å². The molecule has 1 saturated carbocycles. The first kappa shape index (κ1) is 16.4. The van der Waals surface area contributed by atoms with Gasteiger partial charge in [0.25, 0.3) is 0 Å². The quantitative estimate of drug-likeness (QED) is 0.705. The van der Waals surface area contributed by atoms with Crippen LogP contribution in [0.25, 0.3) is 0 Å². The number of rotatable bonds is 6. The second kappa shape index (κ2) is 7.90. The fourth-order valence-corrected chi connectivity index (χ4v) is 3.27. The van der Waals surface area contributed by atoms with E-state index in [1.165, 1.54) is 19.3 Å². The van der Waals surface area contributed by atoms with Crippen molar-refractivity contribution >= 4 is 17.2 Å². The number of aryl methyl sites for hydroxylation is 1. The van der Waals surface area contributed by atoms with Gasteiger partial charge in [-0.3, -0.25) is 4.98 Å². The van der Waals surface area contributed by atoms with Crippen molar-refractivity contribution in [1.82, 2.24) is 9.97 Å². The summed E-state index contributed by atoms with van der Waals surface area (Å²) < 4.78 is 0. The van der Waals surface area contributed by atoms with E-state index >= 15 is 0 Å². The van der Waals surface area contributed by atoms with Crippen molar-refractivity contribution in [2.75, 3.05) is 11.1 Å². The van der Waals surface area contributed by atoms with E-state index in [0.29, 0.717) is 23.9 Å². The Morgan fingerprint density at radius 1 is 1.12 bits per heavy atom. The van der Waals surface area contributed by atoms with E-state index in [0.717, 1.165) is 36.3 Å². The molecule has 2 aromatic heterocycles. The van der Waals surface area contributed by atoms with Crippen LogP contribution in [0.4, 0.5) is 11.5 Å². The Morgan fingerprint density at radius 3 is 2.71 bits per heavy atom. The predicted molar refractivity (Wildman–Crippen MR) is 98.5 cm³/mol. The Bertz CT molecular complexity index is 677. The molecule has 2 aromatic rings. The molecule has 2 heterocycles. The van der Waals surface area contributed by atoms with Crippen LogP contribution in [-0.2, 0) is 6.42 Å². The van der Waals surface area contributed by atoms with Gasteiger partial charge in [-0.2, -0.15) is 0 Å². The van der Waals surface area contributed by atoms with E-state index in [2.05, 4.69) is 15.3 Å². The first-order valence-electron chi connectivity index (χ1n) is 8.73. The van der Waals surface area contributed by atoms with Crippen molar-refractivity contribution in [1.29, 1.82) is 5.41 Å². The molecule has 0 spiro atoms. The van der Waals surface area contributed by atoms with E-state index in [1.54, 1.807) is 18.5 Å². The van der Waals surface area contributed by atoms with Crippen LogP contribution in [-0.4, -0.2) is 21.7 Å². The Kier molecular flexibility index (Phi) is 5.41. The zero-order valence-corrected chi connectivity index (χ0v) is 14.0. The van der Waals surface area contributed by atoms with Gasteiger partial charge in [0, 0.05) is 35.5 Å². The van der Waals surface area contributed by atoms with Gasteiger partial charge in [0.1, 0.15) is 5.82 Å². The summed E-state index contributed by atoms with van der Waals surface area (Å²) in [6.45, 7) is 0. The lowest BCUT2D eigenvalue weighted by Gasteiger charge is -2.25. The molecule has 126 valence electrons. The van der Waals surface area contributed by atoms with E-state index in [1.807, 2.05) is 18.2 Å². The number of nitrogen functional groups attached to an aromatic ring is 1. The first-order chi connectivity index (χ1) is 11.7. The Hall–Kier alpha value is -2.43. The number of hydrogen-bond acceptors (Lipinski definition) is 5. The monoisotopic (exact) mass is 323 g/mol. The van der Waals surface area contributed by atoms with Crippen molar-refractivity contribution in [3.05, 3.63) is 47.9 Å². The Balaban J connectivity index is 1.72. The molecule has 0 atom stereocenters. The number of nitrogens with one attached hydrogen (secondary N) is 2. The van der Waals surface area contributed by atoms with Gasteiger partial charge in [0.2, 0.25) is 0 Å². The maximum atomic E-state index is 8.49. The van der Waals surface area contributed by atoms with Crippen LogP contribution in [0.1, 0.15) is 49.8 Å². The minimum absolute atomic E-state index is 0.440. The second-order valence-electron chi connectivity index (χ2n) is 6.40. The standard InChI is InChI=1S/C19H25N5/c20-16(10-9-14-6-4-5-12-22-14)18-17(21)11-13-23-19(18)24-15-7-2-1-3-8-15/h4-6,11-13,15,20H,1-3,7-10H2,(H3,21,23,24). The predicted octanol–water partition coefficient (Wildman–Crippen LogP) is 3.80. The number of pyridine rings is 2. The third-order valence-electron chi connectivity index (χ3n) is 4.59. The van der Waals surface area contributed by atoms with Crippen LogP contribution >= 0.6 is 0 Å². The van der Waals surface area contributed by atoms with E-state index in [-0.39, 0.29) is 0 Å². The second-order valence-corrected chi connectivity index (χ2v) is 6.40. The molecule has 24 heavy (non-hydrogen) atoms. The lowest BCUT2D eigenvalue weighted by molar-refractivity contribution is 0.462. The molecule has 0 aromatic carbocycles. The normalized spacial score (nSPS) is 15.2. The largest absolute Gasteiger partial charge is 0.398 e. The van der Waals surface area contributed by atoms with E-state index < -0.39 is 0 Å². The third kappa shape index (κ3) is 4.10. The van der Waals surface area contributed by atoms with Crippen molar-refractivity contribution in [2.45, 2.75) is 51.0 Å². The van der Waals surface area contributed by atoms with Gasteiger partial charge in [0.05, 0.1) is 5.56 Å². The van der Waals surface area contributed by atoms with Crippen LogP contribution in [0.5, 0.6) is 0 Å². The van der Waals surface area contributed by atoms with Crippen molar-refractivity contribution in [3.63, 3.8) is 0 Å². The van der Waals surface area contributed by atoms with E-state index in [4.69, 9.17) is 11.1 Å². The molecule has 4 N–H and O–H groups in total. The van der Waals surface area contributed by atoms with E-state index in [9.17, 15) is 0 Å². The summed E-state index contributed by atoms with van der Waals surface area (Å²) in [6.07, 6.45) is 11.0. The molecule has 0 radical (unpaired) electrons. The summed E-state index contributed by atoms with van der Waals surface area (Å²) in [7, 11) is 0. The van der Waals surface area contributed by atoms with Crippen LogP contribution in [0.3, 0.4) is 0 Å². The minimum Gasteiger partial charge on any atom is -0.398 e. The Labute approximate surface area is 143 Å². The van der Waals surface area contributed by atoms with Crippen LogP contribution in [0.2, 0.25) is 0 Å². The van der Waals surface area contributed by atoms with Gasteiger partial charge >= 0.3 is 0 Å². The highest BCUT2D eigenvalue weighted by molar-refractivity contribution is 6.06. The zero-order valence-electron chi connectivity index (χ0n) is 14.0. The summed E-state index contributed by atoms with van der Waals surface area (Å²) >= 11 is 0. The molecule has 1 fully saturated rings. The fourth-order valence-electron chi connectivity index (χ4n) is 3.27. The molecule has 1 aliphatic rings.